The predicted octanol–water partition coefficient (Wildman–Crippen LogP) is 3.53. The van der Waals surface area contributed by atoms with Gasteiger partial charge in [-0.3, -0.25) is 9.21 Å². The highest BCUT2D eigenvalue weighted by Gasteiger charge is 2.36. The number of aromatic hydroxyl groups is 1. The predicted molar refractivity (Wildman–Crippen MR) is 133 cm³/mol. The summed E-state index contributed by atoms with van der Waals surface area (Å²) in [5.74, 6) is 0.833. The summed E-state index contributed by atoms with van der Waals surface area (Å²) in [5.41, 5.74) is 3.09. The van der Waals surface area contributed by atoms with Gasteiger partial charge in [-0.05, 0) is 61.3 Å². The molecule has 34 heavy (non-hydrogen) atoms. The number of ether oxygens (including phenoxy) is 1. The number of H-pyrrole nitrogens is 1. The average molecular weight is 483 g/mol. The monoisotopic (exact) mass is 482 g/mol. The van der Waals surface area contributed by atoms with Crippen molar-refractivity contribution in [2.24, 2.45) is 0 Å². The largest absolute Gasteiger partial charge is 0.506 e. The van der Waals surface area contributed by atoms with Crippen LogP contribution >= 0.6 is 0 Å². The smallest absolute Gasteiger partial charge is 0.303 e. The van der Waals surface area contributed by atoms with E-state index in [1.807, 2.05) is 30.3 Å². The molecule has 2 aliphatic heterocycles. The maximum Gasteiger partial charge on any atom is 0.303 e. The number of para-hydroxylation sites is 1. The van der Waals surface area contributed by atoms with Crippen LogP contribution in [0.1, 0.15) is 35.6 Å². The van der Waals surface area contributed by atoms with Gasteiger partial charge in [0.1, 0.15) is 18.1 Å². The lowest BCUT2D eigenvalue weighted by Crippen LogP contribution is -2.40. The number of hydrogen-bond donors (Lipinski definition) is 2. The summed E-state index contributed by atoms with van der Waals surface area (Å²) in [6, 6.07) is 10.5. The zero-order chi connectivity index (χ0) is 23.9. The molecule has 2 aliphatic rings. The van der Waals surface area contributed by atoms with Crippen molar-refractivity contribution in [2.45, 2.75) is 18.9 Å². The van der Waals surface area contributed by atoms with Crippen LogP contribution in [-0.4, -0.2) is 72.4 Å². The van der Waals surface area contributed by atoms with E-state index in [-0.39, 0.29) is 5.75 Å². The Morgan fingerprint density at radius 3 is 2.71 bits per heavy atom. The number of phenolic OH excluding ortho intramolecular Hbond substituents is 1. The van der Waals surface area contributed by atoms with Crippen molar-refractivity contribution in [2.75, 3.05) is 40.3 Å². The van der Waals surface area contributed by atoms with E-state index in [9.17, 15) is 13.5 Å². The summed E-state index contributed by atoms with van der Waals surface area (Å²) < 4.78 is 35.3. The van der Waals surface area contributed by atoms with Gasteiger partial charge >= 0.3 is 10.2 Å². The van der Waals surface area contributed by atoms with Crippen molar-refractivity contribution in [3.8, 4) is 11.5 Å². The molecule has 0 radical (unpaired) electrons. The fourth-order valence-corrected chi connectivity index (χ4v) is 5.88. The standard InChI is InChI=1S/C25H30N4O4S/c1-27(2)34(31,32)29-13-10-18-8-9-19(33-15-14-28-11-3-4-12-28)16-21(18)25(29)22-17-26-24-20(22)6-5-7-23(24)30/h5-10,13,16-17,25-26,30H,3-4,11-12,14-15H2,1-2H3. The van der Waals surface area contributed by atoms with E-state index in [0.717, 1.165) is 41.7 Å². The zero-order valence-corrected chi connectivity index (χ0v) is 20.3. The van der Waals surface area contributed by atoms with E-state index in [0.29, 0.717) is 17.9 Å². The van der Waals surface area contributed by atoms with Crippen LogP contribution in [0.2, 0.25) is 0 Å². The average Bonchev–Trinajstić information content (AvgIpc) is 3.49. The number of nitrogens with one attached hydrogen (secondary N) is 1. The topological polar surface area (TPSA) is 89.1 Å². The number of benzene rings is 2. The van der Waals surface area contributed by atoms with Gasteiger partial charge < -0.3 is 14.8 Å². The first-order valence-corrected chi connectivity index (χ1v) is 12.9. The first-order valence-electron chi connectivity index (χ1n) is 11.5. The van der Waals surface area contributed by atoms with Crippen LogP contribution in [0, 0.1) is 0 Å². The molecule has 8 nitrogen and oxygen atoms in total. The van der Waals surface area contributed by atoms with E-state index in [1.54, 1.807) is 24.5 Å². The number of aromatic nitrogens is 1. The molecule has 0 saturated carbocycles. The number of nitrogens with zero attached hydrogens (tertiary/aromatic N) is 3. The van der Waals surface area contributed by atoms with Crippen LogP contribution in [0.15, 0.2) is 48.8 Å². The molecule has 0 amide bonds. The highest BCUT2D eigenvalue weighted by atomic mass is 32.2. The van der Waals surface area contributed by atoms with Crippen LogP contribution in [0.4, 0.5) is 0 Å². The molecule has 0 spiro atoms. The molecule has 1 saturated heterocycles. The van der Waals surface area contributed by atoms with Crippen molar-refractivity contribution in [1.82, 2.24) is 18.5 Å². The van der Waals surface area contributed by atoms with E-state index >= 15 is 0 Å². The zero-order valence-electron chi connectivity index (χ0n) is 19.4. The number of fused-ring (bicyclic) bond motifs is 2. The Morgan fingerprint density at radius 1 is 1.15 bits per heavy atom. The third kappa shape index (κ3) is 4.04. The highest BCUT2D eigenvalue weighted by Crippen LogP contribution is 2.42. The van der Waals surface area contributed by atoms with Gasteiger partial charge in [-0.2, -0.15) is 12.7 Å². The Balaban J connectivity index is 1.56. The maximum absolute atomic E-state index is 13.3. The molecular weight excluding hydrogens is 452 g/mol. The number of hydrogen-bond acceptors (Lipinski definition) is 5. The lowest BCUT2D eigenvalue weighted by Gasteiger charge is -2.35. The second-order valence-corrected chi connectivity index (χ2v) is 11.0. The first-order chi connectivity index (χ1) is 16.4. The van der Waals surface area contributed by atoms with Crippen LogP contribution in [-0.2, 0) is 10.2 Å². The van der Waals surface area contributed by atoms with Gasteiger partial charge in [-0.1, -0.05) is 18.2 Å². The second-order valence-electron chi connectivity index (χ2n) is 8.97. The highest BCUT2D eigenvalue weighted by molar-refractivity contribution is 7.86. The van der Waals surface area contributed by atoms with Crippen molar-refractivity contribution in [1.29, 1.82) is 0 Å². The molecule has 180 valence electrons. The lowest BCUT2D eigenvalue weighted by atomic mass is 9.92. The Kier molecular flexibility index (Phi) is 6.01. The summed E-state index contributed by atoms with van der Waals surface area (Å²) in [5, 5.41) is 11.1. The van der Waals surface area contributed by atoms with Crippen LogP contribution < -0.4 is 4.74 Å². The molecule has 1 unspecified atom stereocenters. The molecule has 1 fully saturated rings. The van der Waals surface area contributed by atoms with Crippen molar-refractivity contribution in [3.63, 3.8) is 0 Å². The fourth-order valence-electron chi connectivity index (χ4n) is 4.80. The lowest BCUT2D eigenvalue weighted by molar-refractivity contribution is 0.237. The van der Waals surface area contributed by atoms with Crippen LogP contribution in [0.5, 0.6) is 11.5 Å². The van der Waals surface area contributed by atoms with E-state index in [4.69, 9.17) is 4.74 Å². The number of likely N-dealkylation sites (tertiary alicyclic amines) is 1. The van der Waals surface area contributed by atoms with Gasteiger partial charge in [0.25, 0.3) is 0 Å². The summed E-state index contributed by atoms with van der Waals surface area (Å²) in [6.45, 7) is 3.69. The minimum absolute atomic E-state index is 0.122. The third-order valence-corrected chi connectivity index (χ3v) is 8.42. The van der Waals surface area contributed by atoms with Crippen molar-refractivity contribution in [3.05, 3.63) is 65.5 Å². The SMILES string of the molecule is CN(C)S(=O)(=O)N1C=Cc2ccc(OCCN3CCCC3)cc2C1c1c[nH]c2c(O)cccc12. The molecular formula is C25H30N4O4S. The molecule has 0 bridgehead atoms. The van der Waals surface area contributed by atoms with Gasteiger partial charge in [-0.25, -0.2) is 0 Å². The first kappa shape index (κ1) is 22.8. The van der Waals surface area contributed by atoms with Crippen molar-refractivity contribution >= 4 is 27.2 Å². The number of phenols is 1. The molecule has 5 rings (SSSR count). The molecule has 2 N–H and O–H groups in total. The molecule has 2 aromatic carbocycles. The molecule has 3 heterocycles. The van der Waals surface area contributed by atoms with Gasteiger partial charge in [0, 0.05) is 44.0 Å². The molecule has 1 aromatic heterocycles. The Bertz CT molecular complexity index is 1330. The minimum Gasteiger partial charge on any atom is -0.506 e. The number of aromatic amines is 1. The number of rotatable bonds is 7. The van der Waals surface area contributed by atoms with Gasteiger partial charge in [0.05, 0.1) is 11.6 Å². The van der Waals surface area contributed by atoms with Gasteiger partial charge in [-0.15, -0.1) is 0 Å². The molecule has 3 aromatic rings. The maximum atomic E-state index is 13.3. The summed E-state index contributed by atoms with van der Waals surface area (Å²) in [4.78, 5) is 5.52. The summed E-state index contributed by atoms with van der Waals surface area (Å²) in [7, 11) is -0.736. The van der Waals surface area contributed by atoms with E-state index in [1.165, 1.54) is 35.5 Å². The summed E-state index contributed by atoms with van der Waals surface area (Å²) in [6.07, 6.45) is 7.68. The second kappa shape index (κ2) is 8.98. The molecule has 0 aliphatic carbocycles. The van der Waals surface area contributed by atoms with Gasteiger partial charge in [0.15, 0.2) is 0 Å². The molecule has 9 heteroatoms. The third-order valence-electron chi connectivity index (χ3n) is 6.63. The Labute approximate surface area is 200 Å². The van der Waals surface area contributed by atoms with E-state index < -0.39 is 16.3 Å². The fraction of sp³-hybridized carbons (Fsp3) is 0.360. The van der Waals surface area contributed by atoms with Crippen LogP contribution in [0.3, 0.4) is 0 Å². The quantitative estimate of drug-likeness (QED) is 0.538. The Hall–Kier alpha value is -3.01. The summed E-state index contributed by atoms with van der Waals surface area (Å²) >= 11 is 0. The van der Waals surface area contributed by atoms with Gasteiger partial charge in [0.2, 0.25) is 0 Å². The normalized spacial score (nSPS) is 18.7. The minimum atomic E-state index is -3.78. The van der Waals surface area contributed by atoms with Crippen molar-refractivity contribution < 1.29 is 18.3 Å². The van der Waals surface area contributed by atoms with E-state index in [2.05, 4.69) is 9.88 Å². The molecule has 1 atom stereocenters. The van der Waals surface area contributed by atoms with Crippen LogP contribution in [0.25, 0.3) is 17.0 Å². The Morgan fingerprint density at radius 2 is 1.94 bits per heavy atom.